The highest BCUT2D eigenvalue weighted by molar-refractivity contribution is 14.1. The number of halogens is 1. The van der Waals surface area contributed by atoms with Crippen LogP contribution in [0.2, 0.25) is 0 Å². The zero-order valence-electron chi connectivity index (χ0n) is 18.4. The minimum atomic E-state index is -0.554. The quantitative estimate of drug-likeness (QED) is 0.380. The molecule has 0 bridgehead atoms. The van der Waals surface area contributed by atoms with E-state index in [1.54, 1.807) is 0 Å². The number of benzene rings is 3. The second-order valence-corrected chi connectivity index (χ2v) is 9.44. The molecule has 168 valence electrons. The summed E-state index contributed by atoms with van der Waals surface area (Å²) in [6.45, 7) is 3.82. The Morgan fingerprint density at radius 3 is 2.48 bits per heavy atom. The van der Waals surface area contributed by atoms with Gasteiger partial charge >= 0.3 is 6.03 Å². The Morgan fingerprint density at radius 2 is 1.79 bits per heavy atom. The first-order chi connectivity index (χ1) is 15.9. The number of aliphatic imine (C=N–C) groups is 1. The van der Waals surface area contributed by atoms with Crippen LogP contribution in [0.25, 0.3) is 0 Å². The summed E-state index contributed by atoms with van der Waals surface area (Å²) in [5.74, 6) is -0.125. The van der Waals surface area contributed by atoms with E-state index in [4.69, 9.17) is 4.99 Å². The summed E-state index contributed by atoms with van der Waals surface area (Å²) in [7, 11) is 0. The zero-order chi connectivity index (χ0) is 23.4. The van der Waals surface area contributed by atoms with Crippen LogP contribution in [0.5, 0.6) is 0 Å². The average Bonchev–Trinajstić information content (AvgIpc) is 2.91. The monoisotopic (exact) mass is 552 g/mol. The molecule has 3 amide bonds. The van der Waals surface area contributed by atoms with E-state index in [9.17, 15) is 9.59 Å². The van der Waals surface area contributed by atoms with E-state index in [1.165, 1.54) is 0 Å². The van der Waals surface area contributed by atoms with Gasteiger partial charge < -0.3 is 16.0 Å². The molecule has 0 saturated heterocycles. The fourth-order valence-corrected chi connectivity index (χ4v) is 4.16. The molecule has 0 radical (unpaired) electrons. The van der Waals surface area contributed by atoms with Crippen molar-refractivity contribution in [3.63, 3.8) is 0 Å². The number of benzodiazepines with no additional fused rings is 1. The molecule has 1 atom stereocenters. The van der Waals surface area contributed by atoms with Crippen molar-refractivity contribution in [2.75, 3.05) is 10.6 Å². The molecule has 0 saturated carbocycles. The number of anilines is 2. The molecule has 3 N–H and O–H groups in total. The highest BCUT2D eigenvalue weighted by Gasteiger charge is 2.26. The second-order valence-electron chi connectivity index (χ2n) is 8.19. The number of nitrogens with one attached hydrogen (secondary N) is 3. The molecule has 0 aliphatic carbocycles. The van der Waals surface area contributed by atoms with Gasteiger partial charge in [-0.15, -0.1) is 0 Å². The molecular weight excluding hydrogens is 527 g/mol. The van der Waals surface area contributed by atoms with Crippen molar-refractivity contribution in [1.82, 2.24) is 5.32 Å². The van der Waals surface area contributed by atoms with Crippen LogP contribution in [0, 0.1) is 3.57 Å². The van der Waals surface area contributed by atoms with Crippen molar-refractivity contribution in [1.29, 1.82) is 0 Å². The number of carbonyl (C=O) groups is 2. The largest absolute Gasteiger partial charge is 0.336 e. The van der Waals surface area contributed by atoms with E-state index < -0.39 is 6.04 Å². The van der Waals surface area contributed by atoms with Crippen LogP contribution in [0.3, 0.4) is 0 Å². The number of urea groups is 1. The van der Waals surface area contributed by atoms with Gasteiger partial charge in [-0.3, -0.25) is 9.79 Å². The summed E-state index contributed by atoms with van der Waals surface area (Å²) in [4.78, 5) is 30.0. The molecular formula is C26H25IN4O2. The highest BCUT2D eigenvalue weighted by Crippen LogP contribution is 2.27. The summed E-state index contributed by atoms with van der Waals surface area (Å²) in [5.41, 5.74) is 4.99. The summed E-state index contributed by atoms with van der Waals surface area (Å²) in [6, 6.07) is 22.6. The number of rotatable bonds is 5. The van der Waals surface area contributed by atoms with Gasteiger partial charge in [0.2, 0.25) is 5.91 Å². The lowest BCUT2D eigenvalue weighted by Crippen LogP contribution is -2.34. The first-order valence-electron chi connectivity index (χ1n) is 10.8. The summed E-state index contributed by atoms with van der Waals surface area (Å²) >= 11 is 2.26. The molecule has 4 rings (SSSR count). The van der Waals surface area contributed by atoms with Crippen molar-refractivity contribution in [2.45, 2.75) is 32.4 Å². The number of nitrogens with zero attached hydrogens (tertiary/aromatic N) is 1. The van der Waals surface area contributed by atoms with E-state index in [0.29, 0.717) is 12.1 Å². The topological polar surface area (TPSA) is 82.6 Å². The van der Waals surface area contributed by atoms with Gasteiger partial charge in [0.25, 0.3) is 0 Å². The lowest BCUT2D eigenvalue weighted by Gasteiger charge is -2.13. The maximum atomic E-state index is 13.0. The lowest BCUT2D eigenvalue weighted by atomic mass is 10.00. The predicted octanol–water partition coefficient (Wildman–Crippen LogP) is 5.22. The normalized spacial score (nSPS) is 15.2. The van der Waals surface area contributed by atoms with Gasteiger partial charge in [-0.2, -0.15) is 0 Å². The van der Waals surface area contributed by atoms with Crippen molar-refractivity contribution < 1.29 is 9.59 Å². The Bertz CT molecular complexity index is 1190. The van der Waals surface area contributed by atoms with Crippen molar-refractivity contribution in [3.05, 3.63) is 93.1 Å². The number of hydrogen-bond acceptors (Lipinski definition) is 3. The SMILES string of the molecule is CC(C)NC(=O)Nc1ccc(C2=NC(Cc3ccccc3)C(=O)Nc3ccc(I)cc32)cc1. The molecule has 0 fully saturated rings. The average molecular weight is 552 g/mol. The third-order valence-electron chi connectivity index (χ3n) is 5.19. The molecule has 6 nitrogen and oxygen atoms in total. The van der Waals surface area contributed by atoms with Crippen LogP contribution in [-0.2, 0) is 11.2 Å². The van der Waals surface area contributed by atoms with Gasteiger partial charge in [0, 0.05) is 32.8 Å². The number of amides is 3. The molecule has 7 heteroatoms. The molecule has 1 unspecified atom stereocenters. The third-order valence-corrected chi connectivity index (χ3v) is 5.86. The molecule has 1 aliphatic rings. The molecule has 0 spiro atoms. The van der Waals surface area contributed by atoms with E-state index in [1.807, 2.05) is 86.6 Å². The Kier molecular flexibility index (Phi) is 7.08. The number of carbonyl (C=O) groups excluding carboxylic acids is 2. The van der Waals surface area contributed by atoms with Crippen molar-refractivity contribution in [2.24, 2.45) is 4.99 Å². The van der Waals surface area contributed by atoms with Gasteiger partial charge in [-0.25, -0.2) is 4.79 Å². The van der Waals surface area contributed by atoms with Crippen LogP contribution in [0.15, 0.2) is 77.8 Å². The standard InChI is InChI=1S/C26H25IN4O2/c1-16(2)28-26(33)29-20-11-8-18(9-12-20)24-21-15-19(27)10-13-22(21)31-25(32)23(30-24)14-17-6-4-3-5-7-17/h3-13,15-16,23H,14H2,1-2H3,(H,31,32)(H2,28,29,33). The van der Waals surface area contributed by atoms with Crippen LogP contribution in [-0.4, -0.2) is 29.7 Å². The zero-order valence-corrected chi connectivity index (χ0v) is 20.6. The van der Waals surface area contributed by atoms with Gasteiger partial charge in [-0.1, -0.05) is 42.5 Å². The summed E-state index contributed by atoms with van der Waals surface area (Å²) in [6.07, 6.45) is 0.510. The Morgan fingerprint density at radius 1 is 1.06 bits per heavy atom. The van der Waals surface area contributed by atoms with Gasteiger partial charge in [-0.05, 0) is 72.3 Å². The first kappa shape index (κ1) is 23.0. The van der Waals surface area contributed by atoms with Crippen molar-refractivity contribution >= 4 is 51.6 Å². The van der Waals surface area contributed by atoms with Gasteiger partial charge in [0.1, 0.15) is 6.04 Å². The number of hydrogen-bond donors (Lipinski definition) is 3. The Labute approximate surface area is 207 Å². The van der Waals surface area contributed by atoms with E-state index >= 15 is 0 Å². The Hall–Kier alpha value is -3.20. The fraction of sp³-hybridized carbons (Fsp3) is 0.192. The van der Waals surface area contributed by atoms with Crippen molar-refractivity contribution in [3.8, 4) is 0 Å². The van der Waals surface area contributed by atoms with Crippen LogP contribution in [0.1, 0.15) is 30.5 Å². The van der Waals surface area contributed by atoms with Crippen LogP contribution >= 0.6 is 22.6 Å². The van der Waals surface area contributed by atoms with E-state index in [0.717, 1.165) is 31.7 Å². The lowest BCUT2D eigenvalue weighted by molar-refractivity contribution is -0.117. The molecule has 3 aromatic rings. The van der Waals surface area contributed by atoms with Crippen LogP contribution < -0.4 is 16.0 Å². The molecule has 33 heavy (non-hydrogen) atoms. The fourth-order valence-electron chi connectivity index (χ4n) is 3.67. The summed E-state index contributed by atoms with van der Waals surface area (Å²) in [5, 5.41) is 8.70. The minimum Gasteiger partial charge on any atom is -0.336 e. The Balaban J connectivity index is 1.69. The molecule has 0 aromatic heterocycles. The van der Waals surface area contributed by atoms with E-state index in [2.05, 4.69) is 38.5 Å². The molecule has 3 aromatic carbocycles. The first-order valence-corrected chi connectivity index (χ1v) is 11.9. The summed E-state index contributed by atoms with van der Waals surface area (Å²) < 4.78 is 1.05. The maximum Gasteiger partial charge on any atom is 0.319 e. The minimum absolute atomic E-state index is 0.0511. The smallest absolute Gasteiger partial charge is 0.319 e. The van der Waals surface area contributed by atoms with Crippen LogP contribution in [0.4, 0.5) is 16.2 Å². The molecule has 1 aliphatic heterocycles. The second kappa shape index (κ2) is 10.2. The van der Waals surface area contributed by atoms with Gasteiger partial charge in [0.15, 0.2) is 0 Å². The predicted molar refractivity (Wildman–Crippen MR) is 141 cm³/mol. The molecule has 1 heterocycles. The number of fused-ring (bicyclic) bond motifs is 1. The highest BCUT2D eigenvalue weighted by atomic mass is 127. The maximum absolute atomic E-state index is 13.0. The third kappa shape index (κ3) is 5.78. The van der Waals surface area contributed by atoms with Gasteiger partial charge in [0.05, 0.1) is 11.4 Å². The van der Waals surface area contributed by atoms with E-state index in [-0.39, 0.29) is 18.0 Å².